The molecule has 0 fully saturated rings. The summed E-state index contributed by atoms with van der Waals surface area (Å²) in [6, 6.07) is 13.3. The Kier molecular flexibility index (Phi) is 5.43. The van der Waals surface area contributed by atoms with Crippen molar-refractivity contribution in [1.29, 1.82) is 5.26 Å². The van der Waals surface area contributed by atoms with E-state index in [0.717, 1.165) is 17.0 Å². The number of Topliss-reactive ketones (excluding diaryl/α,β-unsaturated/α-hetero) is 1. The molecule has 0 bridgehead atoms. The maximum absolute atomic E-state index is 12.3. The van der Waals surface area contributed by atoms with Gasteiger partial charge in [0, 0.05) is 11.4 Å². The van der Waals surface area contributed by atoms with Gasteiger partial charge in [-0.15, -0.1) is 10.2 Å². The summed E-state index contributed by atoms with van der Waals surface area (Å²) in [5, 5.41) is 18.2. The maximum Gasteiger partial charge on any atom is 0.196 e. The number of aryl methyl sites for hydroxylation is 1. The summed E-state index contributed by atoms with van der Waals surface area (Å²) in [5.41, 5.74) is 7.47. The van der Waals surface area contributed by atoms with Gasteiger partial charge in [0.1, 0.15) is 17.4 Å². The number of benzene rings is 1. The molecule has 2 aromatic heterocycles. The first-order chi connectivity index (χ1) is 13.0. The van der Waals surface area contributed by atoms with Crippen molar-refractivity contribution in [2.24, 2.45) is 5.73 Å². The van der Waals surface area contributed by atoms with Gasteiger partial charge in [-0.25, -0.2) is 0 Å². The van der Waals surface area contributed by atoms with Gasteiger partial charge in [0.25, 0.3) is 0 Å². The van der Waals surface area contributed by atoms with Gasteiger partial charge in [0.2, 0.25) is 0 Å². The maximum atomic E-state index is 12.3. The number of ketones is 1. The quantitative estimate of drug-likeness (QED) is 0.397. The zero-order valence-corrected chi connectivity index (χ0v) is 15.7. The molecular formula is C19H17N5O2S. The fraction of sp³-hybridized carbons (Fsp3) is 0.158. The molecule has 3 rings (SSSR count). The average Bonchev–Trinajstić information content (AvgIpc) is 3.26. The van der Waals surface area contributed by atoms with E-state index < -0.39 is 0 Å². The van der Waals surface area contributed by atoms with Crippen LogP contribution in [0.2, 0.25) is 0 Å². The van der Waals surface area contributed by atoms with E-state index in [-0.39, 0.29) is 22.8 Å². The summed E-state index contributed by atoms with van der Waals surface area (Å²) in [6.07, 6.45) is 1.60. The molecule has 0 saturated heterocycles. The SMILES string of the molecule is C/C(N)=C(\C#N)C(=O)CSc1nnc(-c2ccoc2C)n1-c1ccccc1. The number of furan rings is 1. The topological polar surface area (TPSA) is 111 Å². The van der Waals surface area contributed by atoms with Crippen LogP contribution >= 0.6 is 11.8 Å². The van der Waals surface area contributed by atoms with Gasteiger partial charge in [-0.1, -0.05) is 30.0 Å². The van der Waals surface area contributed by atoms with Crippen LogP contribution in [-0.2, 0) is 4.79 Å². The van der Waals surface area contributed by atoms with Gasteiger partial charge >= 0.3 is 0 Å². The van der Waals surface area contributed by atoms with E-state index in [9.17, 15) is 4.79 Å². The predicted molar refractivity (Wildman–Crippen MR) is 102 cm³/mol. The minimum Gasteiger partial charge on any atom is -0.469 e. The summed E-state index contributed by atoms with van der Waals surface area (Å²) in [6.45, 7) is 3.39. The number of allylic oxidation sites excluding steroid dienone is 2. The largest absolute Gasteiger partial charge is 0.469 e. The van der Waals surface area contributed by atoms with Gasteiger partial charge in [0.15, 0.2) is 16.8 Å². The molecule has 136 valence electrons. The predicted octanol–water partition coefficient (Wildman–Crippen LogP) is 3.25. The minimum absolute atomic E-state index is 0.0285. The molecule has 0 unspecified atom stereocenters. The summed E-state index contributed by atoms with van der Waals surface area (Å²) in [5.74, 6) is 1.03. The van der Waals surface area contributed by atoms with Crippen molar-refractivity contribution in [3.05, 3.63) is 59.7 Å². The number of rotatable bonds is 6. The third kappa shape index (κ3) is 3.78. The monoisotopic (exact) mass is 379 g/mol. The van der Waals surface area contributed by atoms with Crippen LogP contribution in [-0.4, -0.2) is 26.3 Å². The average molecular weight is 379 g/mol. The van der Waals surface area contributed by atoms with E-state index >= 15 is 0 Å². The molecule has 0 saturated carbocycles. The van der Waals surface area contributed by atoms with E-state index in [0.29, 0.717) is 11.0 Å². The molecule has 2 heterocycles. The van der Waals surface area contributed by atoms with Crippen LogP contribution in [0.5, 0.6) is 0 Å². The molecule has 0 amide bonds. The Morgan fingerprint density at radius 2 is 2.04 bits per heavy atom. The number of nitrogens with zero attached hydrogens (tertiary/aromatic N) is 4. The normalized spacial score (nSPS) is 11.7. The van der Waals surface area contributed by atoms with Gasteiger partial charge in [-0.3, -0.25) is 9.36 Å². The van der Waals surface area contributed by atoms with E-state index in [1.165, 1.54) is 18.7 Å². The molecule has 27 heavy (non-hydrogen) atoms. The third-order valence-electron chi connectivity index (χ3n) is 3.86. The first-order valence-electron chi connectivity index (χ1n) is 8.10. The molecule has 2 N–H and O–H groups in total. The lowest BCUT2D eigenvalue weighted by Gasteiger charge is -2.09. The van der Waals surface area contributed by atoms with Crippen LogP contribution in [0.4, 0.5) is 0 Å². The lowest BCUT2D eigenvalue weighted by Crippen LogP contribution is -2.11. The van der Waals surface area contributed by atoms with Crippen LogP contribution in [0.15, 0.2) is 63.5 Å². The standard InChI is InChI=1S/C19H17N5O2S/c1-12(21)16(10-20)17(25)11-27-19-23-22-18(15-8-9-26-13(15)2)24(19)14-6-4-3-5-7-14/h3-9H,11,21H2,1-2H3/b16-12-. The number of hydrogen-bond acceptors (Lipinski definition) is 7. The Morgan fingerprint density at radius 1 is 1.30 bits per heavy atom. The second kappa shape index (κ2) is 7.93. The Labute approximate surface area is 160 Å². The van der Waals surface area contributed by atoms with Crippen LogP contribution in [0.1, 0.15) is 12.7 Å². The molecule has 0 aliphatic carbocycles. The first kappa shape index (κ1) is 18.5. The molecule has 8 heteroatoms. The summed E-state index contributed by atoms with van der Waals surface area (Å²) < 4.78 is 7.25. The van der Waals surface area contributed by atoms with Gasteiger partial charge < -0.3 is 10.2 Å². The number of nitrogens with two attached hydrogens (primary N) is 1. The van der Waals surface area contributed by atoms with E-state index in [1.54, 1.807) is 6.26 Å². The second-order valence-electron chi connectivity index (χ2n) is 5.75. The highest BCUT2D eigenvalue weighted by molar-refractivity contribution is 7.99. The van der Waals surface area contributed by atoms with Crippen molar-refractivity contribution in [3.8, 4) is 23.1 Å². The summed E-state index contributed by atoms with van der Waals surface area (Å²) in [4.78, 5) is 12.3. The molecule has 0 atom stereocenters. The Balaban J connectivity index is 1.99. The molecule has 0 radical (unpaired) electrons. The molecule has 1 aromatic carbocycles. The van der Waals surface area contributed by atoms with Gasteiger partial charge in [0.05, 0.1) is 17.6 Å². The molecule has 0 aliphatic rings. The van der Waals surface area contributed by atoms with Crippen molar-refractivity contribution >= 4 is 17.5 Å². The second-order valence-corrected chi connectivity index (χ2v) is 6.69. The number of aromatic nitrogens is 3. The summed E-state index contributed by atoms with van der Waals surface area (Å²) in [7, 11) is 0. The molecule has 0 spiro atoms. The zero-order valence-electron chi connectivity index (χ0n) is 14.8. The Hall–Kier alpha value is -3.31. The Morgan fingerprint density at radius 3 is 2.63 bits per heavy atom. The number of hydrogen-bond donors (Lipinski definition) is 1. The van der Waals surface area contributed by atoms with Crippen molar-refractivity contribution in [2.45, 2.75) is 19.0 Å². The lowest BCUT2D eigenvalue weighted by molar-refractivity contribution is -0.112. The lowest BCUT2D eigenvalue weighted by atomic mass is 10.2. The zero-order chi connectivity index (χ0) is 19.4. The van der Waals surface area contributed by atoms with Gasteiger partial charge in [-0.2, -0.15) is 5.26 Å². The van der Waals surface area contributed by atoms with Crippen LogP contribution in [0, 0.1) is 18.3 Å². The van der Waals surface area contributed by atoms with Crippen LogP contribution in [0.25, 0.3) is 17.1 Å². The van der Waals surface area contributed by atoms with Crippen molar-refractivity contribution in [2.75, 3.05) is 5.75 Å². The highest BCUT2D eigenvalue weighted by Gasteiger charge is 2.20. The Bertz CT molecular complexity index is 1040. The molecule has 7 nitrogen and oxygen atoms in total. The fourth-order valence-corrected chi connectivity index (χ4v) is 3.36. The summed E-state index contributed by atoms with van der Waals surface area (Å²) >= 11 is 1.20. The number of nitriles is 1. The van der Waals surface area contributed by atoms with Crippen molar-refractivity contribution in [1.82, 2.24) is 14.8 Å². The highest BCUT2D eigenvalue weighted by atomic mass is 32.2. The first-order valence-corrected chi connectivity index (χ1v) is 9.09. The van der Waals surface area contributed by atoms with E-state index in [2.05, 4.69) is 10.2 Å². The highest BCUT2D eigenvalue weighted by Crippen LogP contribution is 2.30. The smallest absolute Gasteiger partial charge is 0.196 e. The fourth-order valence-electron chi connectivity index (χ4n) is 2.54. The number of carbonyl (C=O) groups excluding carboxylic acids is 1. The molecular weight excluding hydrogens is 362 g/mol. The van der Waals surface area contributed by atoms with Crippen LogP contribution in [0.3, 0.4) is 0 Å². The third-order valence-corrected chi connectivity index (χ3v) is 4.79. The van der Waals surface area contributed by atoms with Crippen molar-refractivity contribution in [3.63, 3.8) is 0 Å². The van der Waals surface area contributed by atoms with Gasteiger partial charge in [-0.05, 0) is 32.0 Å². The number of para-hydroxylation sites is 1. The number of carbonyl (C=O) groups is 1. The van der Waals surface area contributed by atoms with E-state index in [4.69, 9.17) is 15.4 Å². The molecule has 3 aromatic rings. The number of thioether (sulfide) groups is 1. The van der Waals surface area contributed by atoms with Crippen molar-refractivity contribution < 1.29 is 9.21 Å². The van der Waals surface area contributed by atoms with Crippen LogP contribution < -0.4 is 5.73 Å². The van der Waals surface area contributed by atoms with E-state index in [1.807, 2.05) is 54.0 Å². The minimum atomic E-state index is -0.342. The molecule has 0 aliphatic heterocycles.